The molecule has 12 heteroatoms. The average molecular weight is 359 g/mol. The molecule has 0 aromatic heterocycles. The molecule has 1 atom stereocenters. The molecule has 0 saturated heterocycles. The van der Waals surface area contributed by atoms with E-state index in [4.69, 9.17) is 8.74 Å². The molecule has 0 aliphatic heterocycles. The molecule has 1 aromatic rings. The Morgan fingerprint density at radius 3 is 2.19 bits per heavy atom. The first-order valence-corrected chi connectivity index (χ1v) is 9.65. The van der Waals surface area contributed by atoms with E-state index in [-0.39, 0.29) is 11.5 Å². The molecule has 1 unspecified atom stereocenters. The summed E-state index contributed by atoms with van der Waals surface area (Å²) in [6.07, 6.45) is 0.997. The van der Waals surface area contributed by atoms with Crippen LogP contribution in [0.1, 0.15) is 0 Å². The molecule has 21 heavy (non-hydrogen) atoms. The zero-order valence-corrected chi connectivity index (χ0v) is 13.2. The minimum absolute atomic E-state index is 0.251. The van der Waals surface area contributed by atoms with Crippen LogP contribution in [-0.2, 0) is 39.9 Å². The van der Waals surface area contributed by atoms with E-state index in [2.05, 4.69) is 8.91 Å². The Kier molecular flexibility index (Phi) is 6.24. The number of hydrogen-bond donors (Lipinski definition) is 2. The Bertz CT molecular complexity index is 695. The number of hydrogen-bond acceptors (Lipinski definition) is 7. The molecule has 0 fully saturated rings. The molecule has 0 radical (unpaired) electrons. The topological polar surface area (TPSA) is 136 Å². The summed E-state index contributed by atoms with van der Waals surface area (Å²) < 4.78 is 73.4. The Labute approximate surface area is 124 Å². The van der Waals surface area contributed by atoms with E-state index in [1.807, 2.05) is 0 Å². The first-order chi connectivity index (χ1) is 9.57. The van der Waals surface area contributed by atoms with Gasteiger partial charge in [0.1, 0.15) is 0 Å². The average Bonchev–Trinajstić information content (AvgIpc) is 2.32. The van der Waals surface area contributed by atoms with E-state index in [1.54, 1.807) is 0 Å². The predicted octanol–water partition coefficient (Wildman–Crippen LogP) is -0.0833. The summed E-state index contributed by atoms with van der Waals surface area (Å²) in [4.78, 5) is 0.251. The van der Waals surface area contributed by atoms with Crippen LogP contribution in [-0.4, -0.2) is 45.1 Å². The van der Waals surface area contributed by atoms with Gasteiger partial charge in [-0.25, -0.2) is 16.8 Å². The highest BCUT2D eigenvalue weighted by Crippen LogP contribution is 2.14. The summed E-state index contributed by atoms with van der Waals surface area (Å²) in [5, 5.41) is 0. The number of nitrogens with one attached hydrogen (secondary N) is 1. The third kappa shape index (κ3) is 8.08. The largest absolute Gasteiger partial charge is 0.397 e. The van der Waals surface area contributed by atoms with Crippen LogP contribution in [0.15, 0.2) is 29.2 Å². The van der Waals surface area contributed by atoms with Gasteiger partial charge in [0, 0.05) is 5.69 Å². The number of anilines is 1. The summed E-state index contributed by atoms with van der Waals surface area (Å²) in [5.41, 5.74) is 0.299. The van der Waals surface area contributed by atoms with Gasteiger partial charge in [-0.3, -0.25) is 13.5 Å². The quantitative estimate of drug-likeness (QED) is 0.486. The van der Waals surface area contributed by atoms with Crippen LogP contribution in [0.25, 0.3) is 0 Å². The first kappa shape index (κ1) is 18.0. The van der Waals surface area contributed by atoms with Gasteiger partial charge in [-0.2, -0.15) is 8.42 Å². The van der Waals surface area contributed by atoms with Crippen molar-refractivity contribution < 1.29 is 34.0 Å². The maximum atomic E-state index is 11.6. The van der Waals surface area contributed by atoms with Gasteiger partial charge in [0.15, 0.2) is 11.1 Å². The molecular formula is C9H13NO8S3. The fourth-order valence-electron chi connectivity index (χ4n) is 1.17. The van der Waals surface area contributed by atoms with Crippen LogP contribution in [0, 0.1) is 0 Å². The predicted molar refractivity (Wildman–Crippen MR) is 74.8 cm³/mol. The maximum Gasteiger partial charge on any atom is 0.397 e. The van der Waals surface area contributed by atoms with Crippen molar-refractivity contribution in [3.63, 3.8) is 0 Å². The van der Waals surface area contributed by atoms with Gasteiger partial charge >= 0.3 is 10.4 Å². The van der Waals surface area contributed by atoms with Crippen LogP contribution in [0.2, 0.25) is 0 Å². The molecule has 0 aliphatic rings. The lowest BCUT2D eigenvalue weighted by Crippen LogP contribution is -2.11. The highest BCUT2D eigenvalue weighted by molar-refractivity contribution is 7.92. The Balaban J connectivity index is 2.52. The van der Waals surface area contributed by atoms with Crippen LogP contribution in [0.5, 0.6) is 0 Å². The van der Waals surface area contributed by atoms with Crippen molar-refractivity contribution in [2.24, 2.45) is 0 Å². The van der Waals surface area contributed by atoms with Gasteiger partial charge in [0.2, 0.25) is 10.0 Å². The molecule has 2 N–H and O–H groups in total. The van der Waals surface area contributed by atoms with Crippen molar-refractivity contribution in [3.05, 3.63) is 24.3 Å². The molecule has 0 aliphatic carbocycles. The molecule has 0 bridgehead atoms. The Morgan fingerprint density at radius 1 is 1.14 bits per heavy atom. The lowest BCUT2D eigenvalue weighted by Gasteiger charge is -2.06. The van der Waals surface area contributed by atoms with E-state index in [0.29, 0.717) is 5.69 Å². The van der Waals surface area contributed by atoms with Gasteiger partial charge in [-0.15, -0.1) is 0 Å². The summed E-state index contributed by atoms with van der Waals surface area (Å²) in [5.74, 6) is 0. The van der Waals surface area contributed by atoms with Crippen molar-refractivity contribution in [3.8, 4) is 0 Å². The van der Waals surface area contributed by atoms with Crippen LogP contribution < -0.4 is 4.72 Å². The summed E-state index contributed by atoms with van der Waals surface area (Å²) in [6.45, 7) is -0.811. The van der Waals surface area contributed by atoms with E-state index in [9.17, 15) is 21.0 Å². The van der Waals surface area contributed by atoms with Crippen LogP contribution >= 0.6 is 0 Å². The Morgan fingerprint density at radius 2 is 1.71 bits per heavy atom. The van der Waals surface area contributed by atoms with Gasteiger partial charge in [0.05, 0.1) is 24.4 Å². The minimum atomic E-state index is -4.55. The highest BCUT2D eigenvalue weighted by atomic mass is 32.3. The van der Waals surface area contributed by atoms with Crippen molar-refractivity contribution in [2.45, 2.75) is 4.90 Å². The Hall–Kier alpha value is -1.05. The van der Waals surface area contributed by atoms with Gasteiger partial charge in [0.25, 0.3) is 0 Å². The van der Waals surface area contributed by atoms with Crippen molar-refractivity contribution >= 4 is 37.2 Å². The maximum absolute atomic E-state index is 11.6. The number of rotatable bonds is 8. The molecule has 0 spiro atoms. The van der Waals surface area contributed by atoms with Crippen LogP contribution in [0.4, 0.5) is 5.69 Å². The van der Waals surface area contributed by atoms with Gasteiger partial charge < -0.3 is 0 Å². The zero-order chi connectivity index (χ0) is 16.1. The molecule has 0 heterocycles. The second kappa shape index (κ2) is 7.29. The summed E-state index contributed by atoms with van der Waals surface area (Å²) in [7, 11) is -7.95. The van der Waals surface area contributed by atoms with Crippen LogP contribution in [0.3, 0.4) is 0 Å². The van der Waals surface area contributed by atoms with E-state index < -0.39 is 38.1 Å². The number of sulfonamides is 1. The molecule has 120 valence electrons. The fraction of sp³-hybridized carbons (Fsp3) is 0.333. The zero-order valence-electron chi connectivity index (χ0n) is 10.8. The highest BCUT2D eigenvalue weighted by Gasteiger charge is 2.08. The third-order valence-corrected chi connectivity index (χ3v) is 3.96. The minimum Gasteiger partial charge on any atom is -0.284 e. The lowest BCUT2D eigenvalue weighted by atomic mass is 10.3. The van der Waals surface area contributed by atoms with Gasteiger partial charge in [-0.05, 0) is 24.3 Å². The van der Waals surface area contributed by atoms with Crippen molar-refractivity contribution in [2.75, 3.05) is 24.2 Å². The first-order valence-electron chi connectivity index (χ1n) is 5.31. The molecular weight excluding hydrogens is 346 g/mol. The second-order valence-corrected chi connectivity index (χ2v) is 7.72. The van der Waals surface area contributed by atoms with Gasteiger partial charge in [-0.1, -0.05) is 0 Å². The standard InChI is InChI=1S/C9H13NO8S3/c1-20(12,13)10-8-2-4-9(5-3-8)19(11)17-6-7-18-21(14,15)16/h2-5,10H,6-7H2,1H3,(H,14,15,16). The number of benzene rings is 1. The smallest absolute Gasteiger partial charge is 0.284 e. The summed E-state index contributed by atoms with van der Waals surface area (Å²) >= 11 is -1.88. The van der Waals surface area contributed by atoms with E-state index in [0.717, 1.165) is 6.26 Å². The van der Waals surface area contributed by atoms with Crippen molar-refractivity contribution in [1.29, 1.82) is 0 Å². The summed E-state index contributed by atoms with van der Waals surface area (Å²) in [6, 6.07) is 5.55. The monoisotopic (exact) mass is 359 g/mol. The molecule has 9 nitrogen and oxygen atoms in total. The molecule has 1 aromatic carbocycles. The normalized spacial score (nSPS) is 13.8. The SMILES string of the molecule is CS(=O)(=O)Nc1ccc(S(=O)OCCOS(=O)(=O)O)cc1. The fourth-order valence-corrected chi connectivity index (χ4v) is 2.72. The molecule has 1 rings (SSSR count). The third-order valence-electron chi connectivity index (χ3n) is 1.86. The van der Waals surface area contributed by atoms with E-state index in [1.165, 1.54) is 24.3 Å². The van der Waals surface area contributed by atoms with Crippen molar-refractivity contribution in [1.82, 2.24) is 0 Å². The lowest BCUT2D eigenvalue weighted by molar-refractivity contribution is 0.212. The second-order valence-electron chi connectivity index (χ2n) is 3.70. The molecule has 0 saturated carbocycles. The van der Waals surface area contributed by atoms with E-state index >= 15 is 0 Å². The molecule has 0 amide bonds.